The number of halogens is 1. The first-order chi connectivity index (χ1) is 7.56. The number of rotatable bonds is 4. The first-order valence-electron chi connectivity index (χ1n) is 5.60. The molecule has 0 aliphatic heterocycles. The lowest BCUT2D eigenvalue weighted by Gasteiger charge is -2.16. The Labute approximate surface area is 102 Å². The third-order valence-corrected chi connectivity index (χ3v) is 2.92. The molecule has 0 heterocycles. The minimum Gasteiger partial charge on any atom is -0.325 e. The molecule has 2 nitrogen and oxygen atoms in total. The maximum Gasteiger partial charge on any atom is 0.242 e. The van der Waals surface area contributed by atoms with Crippen LogP contribution in [0.25, 0.3) is 0 Å². The molecule has 16 heavy (non-hydrogen) atoms. The number of carbonyl (C=O) groups is 1. The van der Waals surface area contributed by atoms with Crippen LogP contribution in [0.2, 0.25) is 0 Å². The smallest absolute Gasteiger partial charge is 0.242 e. The molecule has 3 heteroatoms. The fourth-order valence-electron chi connectivity index (χ4n) is 1.49. The Morgan fingerprint density at radius 3 is 2.56 bits per heavy atom. The Balaban J connectivity index is 2.91. The van der Waals surface area contributed by atoms with Gasteiger partial charge in [-0.3, -0.25) is 4.79 Å². The van der Waals surface area contributed by atoms with Gasteiger partial charge in [0.15, 0.2) is 0 Å². The Morgan fingerprint density at radius 2 is 2.00 bits per heavy atom. The average Bonchev–Trinajstić information content (AvgIpc) is 2.28. The number of anilines is 1. The van der Waals surface area contributed by atoms with Gasteiger partial charge in [-0.15, -0.1) is 11.6 Å². The van der Waals surface area contributed by atoms with Gasteiger partial charge in [-0.25, -0.2) is 0 Å². The van der Waals surface area contributed by atoms with Crippen molar-refractivity contribution in [1.82, 2.24) is 0 Å². The molecule has 0 aromatic heterocycles. The highest BCUT2D eigenvalue weighted by molar-refractivity contribution is 6.32. The third kappa shape index (κ3) is 3.24. The summed E-state index contributed by atoms with van der Waals surface area (Å²) in [5, 5.41) is 2.35. The first-order valence-corrected chi connectivity index (χ1v) is 6.03. The van der Waals surface area contributed by atoms with Crippen LogP contribution in [-0.2, 0) is 4.79 Å². The van der Waals surface area contributed by atoms with Crippen molar-refractivity contribution in [2.75, 3.05) is 5.32 Å². The Kier molecular flexibility index (Phi) is 4.81. The van der Waals surface area contributed by atoms with Crippen LogP contribution in [0.3, 0.4) is 0 Å². The van der Waals surface area contributed by atoms with Gasteiger partial charge in [-0.1, -0.05) is 32.0 Å². The van der Waals surface area contributed by atoms with Crippen LogP contribution in [0.15, 0.2) is 24.3 Å². The van der Waals surface area contributed by atoms with Crippen LogP contribution in [0, 0.1) is 0 Å². The minimum absolute atomic E-state index is 0.155. The first kappa shape index (κ1) is 13.0. The number of para-hydroxylation sites is 1. The Bertz CT molecular complexity index is 363. The number of nitrogens with one attached hydrogen (secondary N) is 1. The van der Waals surface area contributed by atoms with Gasteiger partial charge in [0.05, 0.1) is 0 Å². The van der Waals surface area contributed by atoms with Crippen LogP contribution >= 0.6 is 11.6 Å². The molecular formula is C13H18ClNO. The lowest BCUT2D eigenvalue weighted by Crippen LogP contribution is -2.21. The van der Waals surface area contributed by atoms with Crippen LogP contribution in [0.5, 0.6) is 0 Å². The molecule has 1 amide bonds. The van der Waals surface area contributed by atoms with Crippen molar-refractivity contribution >= 4 is 23.2 Å². The van der Waals surface area contributed by atoms with E-state index in [9.17, 15) is 4.79 Å². The van der Waals surface area contributed by atoms with Gasteiger partial charge < -0.3 is 5.32 Å². The van der Waals surface area contributed by atoms with Gasteiger partial charge in [-0.2, -0.15) is 0 Å². The molecule has 0 radical (unpaired) electrons. The summed E-state index contributed by atoms with van der Waals surface area (Å²) in [4.78, 5) is 11.5. The minimum atomic E-state index is -0.509. The summed E-state index contributed by atoms with van der Waals surface area (Å²) >= 11 is 5.73. The lowest BCUT2D eigenvalue weighted by molar-refractivity contribution is -0.115. The van der Waals surface area contributed by atoms with Gasteiger partial charge >= 0.3 is 0 Å². The topological polar surface area (TPSA) is 29.1 Å². The quantitative estimate of drug-likeness (QED) is 0.797. The number of carbonyl (C=O) groups excluding carboxylic acids is 1. The molecule has 0 fully saturated rings. The highest BCUT2D eigenvalue weighted by Crippen LogP contribution is 2.26. The molecule has 0 unspecified atom stereocenters. The molecule has 0 spiro atoms. The molecule has 0 aliphatic carbocycles. The molecule has 2 atom stereocenters. The van der Waals surface area contributed by atoms with E-state index in [1.165, 1.54) is 0 Å². The molecular weight excluding hydrogens is 222 g/mol. The second kappa shape index (κ2) is 5.90. The van der Waals surface area contributed by atoms with Crippen molar-refractivity contribution < 1.29 is 4.79 Å². The summed E-state index contributed by atoms with van der Waals surface area (Å²) in [6.07, 6.45) is 1.04. The summed E-state index contributed by atoms with van der Waals surface area (Å²) in [6.45, 7) is 5.95. The van der Waals surface area contributed by atoms with E-state index in [4.69, 9.17) is 11.6 Å². The highest BCUT2D eigenvalue weighted by atomic mass is 35.5. The fraction of sp³-hybridized carbons (Fsp3) is 0.462. The SMILES string of the molecule is CC[C@@H](C)c1ccccc1NC(=O)[C@@H](C)Cl. The number of benzene rings is 1. The largest absolute Gasteiger partial charge is 0.325 e. The zero-order valence-electron chi connectivity index (χ0n) is 9.96. The summed E-state index contributed by atoms with van der Waals surface area (Å²) in [7, 11) is 0. The van der Waals surface area contributed by atoms with Gasteiger partial charge in [0.1, 0.15) is 5.38 Å². The van der Waals surface area contributed by atoms with Gasteiger partial charge in [0.25, 0.3) is 0 Å². The maximum absolute atomic E-state index is 11.5. The number of alkyl halides is 1. The van der Waals surface area contributed by atoms with E-state index in [2.05, 4.69) is 19.2 Å². The predicted molar refractivity (Wildman–Crippen MR) is 69.1 cm³/mol. The number of hydrogen-bond donors (Lipinski definition) is 1. The maximum atomic E-state index is 11.5. The lowest BCUT2D eigenvalue weighted by atomic mass is 9.97. The van der Waals surface area contributed by atoms with Crippen molar-refractivity contribution in [1.29, 1.82) is 0 Å². The fourth-order valence-corrected chi connectivity index (χ4v) is 1.55. The predicted octanol–water partition coefficient (Wildman–Crippen LogP) is 3.77. The zero-order chi connectivity index (χ0) is 12.1. The average molecular weight is 240 g/mol. The van der Waals surface area contributed by atoms with E-state index in [0.717, 1.165) is 17.7 Å². The van der Waals surface area contributed by atoms with Gasteiger partial charge in [0.2, 0.25) is 5.91 Å². The van der Waals surface area contributed by atoms with E-state index in [-0.39, 0.29) is 5.91 Å². The van der Waals surface area contributed by atoms with E-state index in [1.54, 1.807) is 6.92 Å². The molecule has 1 aromatic rings. The molecule has 0 aliphatic rings. The van der Waals surface area contributed by atoms with Crippen LogP contribution in [-0.4, -0.2) is 11.3 Å². The zero-order valence-corrected chi connectivity index (χ0v) is 10.7. The van der Waals surface area contributed by atoms with Crippen molar-refractivity contribution in [2.24, 2.45) is 0 Å². The van der Waals surface area contributed by atoms with E-state index >= 15 is 0 Å². The highest BCUT2D eigenvalue weighted by Gasteiger charge is 2.13. The third-order valence-electron chi connectivity index (χ3n) is 2.72. The summed E-state index contributed by atoms with van der Waals surface area (Å²) in [5.74, 6) is 0.277. The molecule has 0 bridgehead atoms. The van der Waals surface area contributed by atoms with Crippen molar-refractivity contribution in [3.8, 4) is 0 Å². The molecule has 1 aromatic carbocycles. The van der Waals surface area contributed by atoms with Gasteiger partial charge in [0, 0.05) is 5.69 Å². The molecule has 0 saturated carbocycles. The molecule has 88 valence electrons. The standard InChI is InChI=1S/C13H18ClNO/c1-4-9(2)11-7-5-6-8-12(11)15-13(16)10(3)14/h5-10H,4H2,1-3H3,(H,15,16)/t9-,10-/m1/s1. The van der Waals surface area contributed by atoms with E-state index in [1.807, 2.05) is 24.3 Å². The number of hydrogen-bond acceptors (Lipinski definition) is 1. The number of amides is 1. The Morgan fingerprint density at radius 1 is 1.38 bits per heavy atom. The Hall–Kier alpha value is -1.02. The summed E-state index contributed by atoms with van der Waals surface area (Å²) in [5.41, 5.74) is 2.03. The molecule has 1 N–H and O–H groups in total. The van der Waals surface area contributed by atoms with E-state index in [0.29, 0.717) is 5.92 Å². The second-order valence-electron chi connectivity index (χ2n) is 4.00. The molecule has 1 rings (SSSR count). The van der Waals surface area contributed by atoms with Crippen LogP contribution in [0.4, 0.5) is 5.69 Å². The van der Waals surface area contributed by atoms with Crippen molar-refractivity contribution in [2.45, 2.75) is 38.5 Å². The molecule has 0 saturated heterocycles. The van der Waals surface area contributed by atoms with Gasteiger partial charge in [-0.05, 0) is 30.9 Å². The normalized spacial score (nSPS) is 14.2. The van der Waals surface area contributed by atoms with Crippen LogP contribution in [0.1, 0.15) is 38.7 Å². The second-order valence-corrected chi connectivity index (χ2v) is 4.66. The van der Waals surface area contributed by atoms with Crippen LogP contribution < -0.4 is 5.32 Å². The summed E-state index contributed by atoms with van der Waals surface area (Å²) < 4.78 is 0. The van der Waals surface area contributed by atoms with E-state index < -0.39 is 5.38 Å². The van der Waals surface area contributed by atoms with Crippen molar-refractivity contribution in [3.63, 3.8) is 0 Å². The van der Waals surface area contributed by atoms with Crippen molar-refractivity contribution in [3.05, 3.63) is 29.8 Å². The monoisotopic (exact) mass is 239 g/mol. The summed E-state index contributed by atoms with van der Waals surface area (Å²) in [6, 6.07) is 7.86.